The van der Waals surface area contributed by atoms with Crippen LogP contribution >= 0.6 is 0 Å². The average Bonchev–Trinajstić information content (AvgIpc) is 0. The predicted octanol–water partition coefficient (Wildman–Crippen LogP) is -0.0150. The fourth-order valence-electron chi connectivity index (χ4n) is 0. The van der Waals surface area contributed by atoms with Crippen molar-refractivity contribution >= 4 is 0 Å². The second-order valence-electron chi connectivity index (χ2n) is 0. The molecule has 26 valence electrons. The molecule has 0 aliphatic rings. The van der Waals surface area contributed by atoms with Crippen LogP contribution in [0.2, 0.25) is 0 Å². The Labute approximate surface area is 127 Å². The zero-order chi connectivity index (χ0) is 0. The third kappa shape index (κ3) is 24.0. The fraction of sp³-hybridized carbons (Fsp3) is 0. The topological polar surface area (TPSA) is 0 Å². The Balaban J connectivity index is 0. The van der Waals surface area contributed by atoms with E-state index >= 15 is 0 Å². The van der Waals surface area contributed by atoms with Gasteiger partial charge >= 0.3 is 0 Å². The summed E-state index contributed by atoms with van der Waals surface area (Å²) >= 11 is 0. The molecule has 0 bridgehead atoms. The van der Waals surface area contributed by atoms with Gasteiger partial charge in [-0.25, -0.2) is 0 Å². The Morgan fingerprint density at radius 1 is 0.333 bits per heavy atom. The van der Waals surface area contributed by atoms with Crippen molar-refractivity contribution < 1.29 is 130 Å². The van der Waals surface area contributed by atoms with E-state index in [9.17, 15) is 0 Å². The summed E-state index contributed by atoms with van der Waals surface area (Å²) in [5, 5.41) is 0. The van der Waals surface area contributed by atoms with Crippen LogP contribution in [-0.2, 0) is 130 Å². The largest absolute Gasteiger partial charge is 0 e. The second kappa shape index (κ2) is 34.8. The molecule has 0 aromatic heterocycles. The molecule has 0 amide bonds. The van der Waals surface area contributed by atoms with Crippen molar-refractivity contribution in [2.45, 2.75) is 0 Å². The van der Waals surface area contributed by atoms with E-state index in [2.05, 4.69) is 0 Å². The van der Waals surface area contributed by atoms with Gasteiger partial charge in [0.2, 0.25) is 0 Å². The summed E-state index contributed by atoms with van der Waals surface area (Å²) in [7, 11) is 0. The zero-order valence-corrected chi connectivity index (χ0v) is 12.7. The SMILES string of the molecule is [Mo].[Ti].[Ti].[Ti].[Ti].[Ti]. The molecule has 0 aliphatic carbocycles. The molecule has 0 nitrogen and oxygen atoms in total. The summed E-state index contributed by atoms with van der Waals surface area (Å²) in [5.74, 6) is 0. The van der Waals surface area contributed by atoms with Gasteiger partial charge in [0.15, 0.2) is 0 Å². The molecule has 6 heteroatoms. The van der Waals surface area contributed by atoms with E-state index in [-0.39, 0.29) is 130 Å². The first-order chi connectivity index (χ1) is 0. The summed E-state index contributed by atoms with van der Waals surface area (Å²) < 4.78 is 0. The number of hydrogen-bond donors (Lipinski definition) is 0. The maximum absolute atomic E-state index is 0. The molecule has 0 saturated carbocycles. The molecule has 0 aliphatic heterocycles. The van der Waals surface area contributed by atoms with Crippen LogP contribution in [0.3, 0.4) is 0 Å². The van der Waals surface area contributed by atoms with Gasteiger partial charge in [-0.2, -0.15) is 0 Å². The Kier molecular flexibility index (Phi) is 281. The molecule has 0 rings (SSSR count). The van der Waals surface area contributed by atoms with E-state index < -0.39 is 0 Å². The smallest absolute Gasteiger partial charge is 0 e. The van der Waals surface area contributed by atoms with Gasteiger partial charge in [-0.05, 0) is 0 Å². The fourth-order valence-corrected chi connectivity index (χ4v) is 0. The van der Waals surface area contributed by atoms with Gasteiger partial charge in [-0.1, -0.05) is 0 Å². The number of rotatable bonds is 0. The first-order valence-electron chi connectivity index (χ1n) is 0. The normalized spacial score (nSPS) is 0. The molecule has 0 aromatic rings. The van der Waals surface area contributed by atoms with E-state index in [1.807, 2.05) is 0 Å². The molecular formula is MoTi5. The molecule has 0 heterocycles. The van der Waals surface area contributed by atoms with Crippen LogP contribution in [0.25, 0.3) is 0 Å². The van der Waals surface area contributed by atoms with E-state index in [1.165, 1.54) is 0 Å². The first-order valence-corrected chi connectivity index (χ1v) is 0. The average molecular weight is 335 g/mol. The van der Waals surface area contributed by atoms with Gasteiger partial charge in [0, 0.05) is 130 Å². The van der Waals surface area contributed by atoms with Gasteiger partial charge in [0.25, 0.3) is 0 Å². The Morgan fingerprint density at radius 3 is 0.333 bits per heavy atom. The second-order valence-corrected chi connectivity index (χ2v) is 0. The minimum Gasteiger partial charge on any atom is 0 e. The monoisotopic (exact) mass is 338 g/mol. The summed E-state index contributed by atoms with van der Waals surface area (Å²) in [6, 6.07) is 0. The van der Waals surface area contributed by atoms with Crippen LogP contribution in [0, 0.1) is 0 Å². The van der Waals surface area contributed by atoms with Crippen molar-refractivity contribution in [3.63, 3.8) is 0 Å². The van der Waals surface area contributed by atoms with E-state index in [4.69, 9.17) is 0 Å². The quantitative estimate of drug-likeness (QED) is 0.546. The summed E-state index contributed by atoms with van der Waals surface area (Å²) in [4.78, 5) is 0. The van der Waals surface area contributed by atoms with Crippen LogP contribution in [0.5, 0.6) is 0 Å². The van der Waals surface area contributed by atoms with Crippen LogP contribution in [-0.4, -0.2) is 0 Å². The van der Waals surface area contributed by atoms with Crippen LogP contribution in [0.15, 0.2) is 0 Å². The predicted molar refractivity (Wildman–Crippen MR) is 0 cm³/mol. The maximum atomic E-state index is 0. The third-order valence-electron chi connectivity index (χ3n) is 0. The molecule has 0 aromatic carbocycles. The van der Waals surface area contributed by atoms with E-state index in [0.29, 0.717) is 0 Å². The van der Waals surface area contributed by atoms with E-state index in [0.717, 1.165) is 0 Å². The van der Waals surface area contributed by atoms with Crippen molar-refractivity contribution in [1.29, 1.82) is 0 Å². The number of hydrogen-bond acceptors (Lipinski definition) is 0. The van der Waals surface area contributed by atoms with Gasteiger partial charge in [0.1, 0.15) is 0 Å². The van der Waals surface area contributed by atoms with Crippen molar-refractivity contribution in [3.05, 3.63) is 0 Å². The molecule has 0 N–H and O–H groups in total. The molecule has 6 heavy (non-hydrogen) atoms. The molecule has 0 fully saturated rings. The minimum absolute atomic E-state index is 0. The van der Waals surface area contributed by atoms with Crippen molar-refractivity contribution in [1.82, 2.24) is 0 Å². The summed E-state index contributed by atoms with van der Waals surface area (Å²) in [6.07, 6.45) is 0. The van der Waals surface area contributed by atoms with Crippen molar-refractivity contribution in [2.24, 2.45) is 0 Å². The molecule has 0 radical (unpaired) electrons. The molecule has 0 spiro atoms. The molecule has 0 saturated heterocycles. The van der Waals surface area contributed by atoms with Gasteiger partial charge in [-0.15, -0.1) is 0 Å². The Morgan fingerprint density at radius 2 is 0.333 bits per heavy atom. The Hall–Kier alpha value is 4.26. The van der Waals surface area contributed by atoms with Crippen LogP contribution in [0.4, 0.5) is 0 Å². The molecule has 0 atom stereocenters. The summed E-state index contributed by atoms with van der Waals surface area (Å²) in [6.45, 7) is 0. The zero-order valence-electron chi connectivity index (χ0n) is 2.91. The third-order valence-corrected chi connectivity index (χ3v) is 0. The van der Waals surface area contributed by atoms with Crippen LogP contribution in [0.1, 0.15) is 0 Å². The molecule has 0 unspecified atom stereocenters. The maximum Gasteiger partial charge on any atom is 0 e. The van der Waals surface area contributed by atoms with Crippen molar-refractivity contribution in [3.8, 4) is 0 Å². The molecular weight excluding hydrogens is 335 g/mol. The Bertz CT molecular complexity index is 3.90. The van der Waals surface area contributed by atoms with E-state index in [1.54, 1.807) is 0 Å². The minimum atomic E-state index is 0. The van der Waals surface area contributed by atoms with Gasteiger partial charge in [-0.3, -0.25) is 0 Å². The standard InChI is InChI=1S/Mo.5Ti. The van der Waals surface area contributed by atoms with Gasteiger partial charge < -0.3 is 0 Å². The van der Waals surface area contributed by atoms with Crippen molar-refractivity contribution in [2.75, 3.05) is 0 Å². The van der Waals surface area contributed by atoms with Gasteiger partial charge in [0.05, 0.1) is 0 Å². The van der Waals surface area contributed by atoms with Crippen LogP contribution < -0.4 is 0 Å². The first kappa shape index (κ1) is 48.5. The summed E-state index contributed by atoms with van der Waals surface area (Å²) in [5.41, 5.74) is 0.